The van der Waals surface area contributed by atoms with E-state index < -0.39 is 6.10 Å². The average molecular weight is 289 g/mol. The summed E-state index contributed by atoms with van der Waals surface area (Å²) in [5.74, 6) is 0.390. The highest BCUT2D eigenvalue weighted by atomic mass is 35.5. The maximum absolute atomic E-state index is 13.5. The molecule has 1 aromatic rings. The number of halogens is 2. The Morgan fingerprint density at radius 3 is 2.83 bits per heavy atom. The van der Waals surface area contributed by atoms with Crippen LogP contribution >= 0.6 is 23.4 Å². The minimum atomic E-state index is -0.497. The molecule has 1 fully saturated rings. The Kier molecular flexibility index (Phi) is 5.34. The van der Waals surface area contributed by atoms with Crippen LogP contribution in [0.5, 0.6) is 0 Å². The summed E-state index contributed by atoms with van der Waals surface area (Å²) in [6, 6.07) is 4.48. The molecule has 18 heavy (non-hydrogen) atoms. The van der Waals surface area contributed by atoms with Gasteiger partial charge in [0.05, 0.1) is 6.10 Å². The van der Waals surface area contributed by atoms with Gasteiger partial charge in [0.1, 0.15) is 5.82 Å². The molecule has 100 valence electrons. The normalized spacial score (nSPS) is 18.2. The molecule has 1 nitrogen and oxygen atoms in total. The monoisotopic (exact) mass is 288 g/mol. The van der Waals surface area contributed by atoms with Crippen molar-refractivity contribution in [2.24, 2.45) is 0 Å². The summed E-state index contributed by atoms with van der Waals surface area (Å²) >= 11 is 7.64. The molecule has 1 atom stereocenters. The second-order valence-electron chi connectivity index (χ2n) is 4.83. The molecule has 2 rings (SSSR count). The van der Waals surface area contributed by atoms with Crippen LogP contribution in [-0.4, -0.2) is 22.2 Å². The fourth-order valence-electron chi connectivity index (χ4n) is 2.31. The molecule has 1 aromatic carbocycles. The molecule has 1 saturated carbocycles. The minimum Gasteiger partial charge on any atom is -0.392 e. The Bertz CT molecular complexity index is 393. The van der Waals surface area contributed by atoms with E-state index in [4.69, 9.17) is 11.6 Å². The first-order valence-electron chi connectivity index (χ1n) is 6.39. The van der Waals surface area contributed by atoms with Gasteiger partial charge in [-0.25, -0.2) is 4.39 Å². The van der Waals surface area contributed by atoms with Crippen LogP contribution in [0.4, 0.5) is 4.39 Å². The third kappa shape index (κ3) is 4.15. The number of hydrogen-bond acceptors (Lipinski definition) is 2. The van der Waals surface area contributed by atoms with E-state index in [1.165, 1.54) is 37.8 Å². The number of aliphatic hydroxyl groups excluding tert-OH is 1. The number of benzene rings is 1. The van der Waals surface area contributed by atoms with Gasteiger partial charge in [0.15, 0.2) is 0 Å². The summed E-state index contributed by atoms with van der Waals surface area (Å²) in [5, 5.41) is 11.1. The van der Waals surface area contributed by atoms with Crippen molar-refractivity contribution in [2.45, 2.75) is 43.5 Å². The molecule has 0 bridgehead atoms. The number of rotatable bonds is 5. The van der Waals surface area contributed by atoms with Gasteiger partial charge in [0.25, 0.3) is 0 Å². The minimum absolute atomic E-state index is 0.288. The molecular weight excluding hydrogens is 271 g/mol. The van der Waals surface area contributed by atoms with E-state index in [0.717, 1.165) is 0 Å². The van der Waals surface area contributed by atoms with Crippen molar-refractivity contribution in [1.82, 2.24) is 0 Å². The van der Waals surface area contributed by atoms with E-state index in [9.17, 15) is 9.50 Å². The standard InChI is InChI=1S/C14H18ClFOS/c15-11-5-6-14(16)10(7-11)8-12(17)9-18-13-3-1-2-4-13/h5-7,12-13,17H,1-4,8-9H2. The van der Waals surface area contributed by atoms with Gasteiger partial charge < -0.3 is 5.11 Å². The zero-order valence-electron chi connectivity index (χ0n) is 10.2. The highest BCUT2D eigenvalue weighted by Gasteiger charge is 2.17. The maximum atomic E-state index is 13.5. The smallest absolute Gasteiger partial charge is 0.126 e. The van der Waals surface area contributed by atoms with Crippen LogP contribution < -0.4 is 0 Å². The van der Waals surface area contributed by atoms with Crippen molar-refractivity contribution in [3.8, 4) is 0 Å². The van der Waals surface area contributed by atoms with Crippen LogP contribution in [0.2, 0.25) is 5.02 Å². The first kappa shape index (κ1) is 14.2. The first-order valence-corrected chi connectivity index (χ1v) is 7.81. The van der Waals surface area contributed by atoms with E-state index in [1.54, 1.807) is 6.07 Å². The van der Waals surface area contributed by atoms with E-state index in [1.807, 2.05) is 11.8 Å². The fraction of sp³-hybridized carbons (Fsp3) is 0.571. The van der Waals surface area contributed by atoms with Gasteiger partial charge in [-0.3, -0.25) is 0 Å². The zero-order chi connectivity index (χ0) is 13.0. The van der Waals surface area contributed by atoms with Gasteiger partial charge in [-0.2, -0.15) is 11.8 Å². The largest absolute Gasteiger partial charge is 0.392 e. The predicted octanol–water partition coefficient (Wildman–Crippen LogP) is 4.06. The summed E-state index contributed by atoms with van der Waals surface area (Å²) in [6.07, 6.45) is 4.95. The first-order chi connectivity index (χ1) is 8.65. The van der Waals surface area contributed by atoms with Crippen LogP contribution in [0.1, 0.15) is 31.2 Å². The molecule has 1 N–H and O–H groups in total. The lowest BCUT2D eigenvalue weighted by atomic mass is 10.1. The van der Waals surface area contributed by atoms with Gasteiger partial charge >= 0.3 is 0 Å². The summed E-state index contributed by atoms with van der Waals surface area (Å²) in [5.41, 5.74) is 0.502. The topological polar surface area (TPSA) is 20.2 Å². The summed E-state index contributed by atoms with van der Waals surface area (Å²) in [6.45, 7) is 0. The van der Waals surface area contributed by atoms with Crippen LogP contribution in [-0.2, 0) is 6.42 Å². The SMILES string of the molecule is OC(CSC1CCCC1)Cc1cc(Cl)ccc1F. The maximum Gasteiger partial charge on any atom is 0.126 e. The van der Waals surface area contributed by atoms with Crippen LogP contribution in [0, 0.1) is 5.82 Å². The Labute approximate surface area is 117 Å². The highest BCUT2D eigenvalue weighted by molar-refractivity contribution is 7.99. The second kappa shape index (κ2) is 6.78. The number of aliphatic hydroxyl groups is 1. The molecular formula is C14H18ClFOS. The number of hydrogen-bond donors (Lipinski definition) is 1. The molecule has 0 aliphatic heterocycles. The number of thioether (sulfide) groups is 1. The van der Waals surface area contributed by atoms with E-state index in [0.29, 0.717) is 28.0 Å². The van der Waals surface area contributed by atoms with Gasteiger partial charge in [-0.1, -0.05) is 24.4 Å². The average Bonchev–Trinajstić information content (AvgIpc) is 2.84. The highest BCUT2D eigenvalue weighted by Crippen LogP contribution is 2.30. The fourth-order valence-corrected chi connectivity index (χ4v) is 3.79. The van der Waals surface area contributed by atoms with Crippen molar-refractivity contribution in [3.63, 3.8) is 0 Å². The summed E-state index contributed by atoms with van der Waals surface area (Å²) in [7, 11) is 0. The lowest BCUT2D eigenvalue weighted by molar-refractivity contribution is 0.198. The molecule has 0 saturated heterocycles. The summed E-state index contributed by atoms with van der Waals surface area (Å²) < 4.78 is 13.5. The zero-order valence-corrected chi connectivity index (χ0v) is 11.8. The van der Waals surface area contributed by atoms with Gasteiger partial charge in [-0.15, -0.1) is 0 Å². The second-order valence-corrected chi connectivity index (χ2v) is 6.60. The molecule has 1 aliphatic rings. The summed E-state index contributed by atoms with van der Waals surface area (Å²) in [4.78, 5) is 0. The quantitative estimate of drug-likeness (QED) is 0.882. The Morgan fingerprint density at radius 1 is 1.39 bits per heavy atom. The van der Waals surface area contributed by atoms with Crippen LogP contribution in [0.3, 0.4) is 0 Å². The molecule has 0 radical (unpaired) electrons. The molecule has 0 heterocycles. The van der Waals surface area contributed by atoms with Crippen molar-refractivity contribution in [1.29, 1.82) is 0 Å². The van der Waals surface area contributed by atoms with Gasteiger partial charge in [-0.05, 0) is 36.6 Å². The van der Waals surface area contributed by atoms with Gasteiger partial charge in [0, 0.05) is 22.4 Å². The van der Waals surface area contributed by atoms with Crippen molar-refractivity contribution >= 4 is 23.4 Å². The van der Waals surface area contributed by atoms with Crippen LogP contribution in [0.25, 0.3) is 0 Å². The van der Waals surface area contributed by atoms with Gasteiger partial charge in [0.2, 0.25) is 0 Å². The third-order valence-electron chi connectivity index (χ3n) is 3.29. The molecule has 1 aliphatic carbocycles. The van der Waals surface area contributed by atoms with Crippen molar-refractivity contribution in [2.75, 3.05) is 5.75 Å². The molecule has 4 heteroatoms. The predicted molar refractivity (Wildman–Crippen MR) is 75.8 cm³/mol. The van der Waals surface area contributed by atoms with E-state index in [-0.39, 0.29) is 5.82 Å². The Balaban J connectivity index is 1.82. The van der Waals surface area contributed by atoms with Crippen LogP contribution in [0.15, 0.2) is 18.2 Å². The molecule has 0 aromatic heterocycles. The lowest BCUT2D eigenvalue weighted by Gasteiger charge is -2.14. The molecule has 1 unspecified atom stereocenters. The Hall–Kier alpha value is -0.250. The lowest BCUT2D eigenvalue weighted by Crippen LogP contribution is -2.16. The van der Waals surface area contributed by atoms with E-state index >= 15 is 0 Å². The molecule has 0 spiro atoms. The molecule has 0 amide bonds. The third-order valence-corrected chi connectivity index (χ3v) is 5.04. The van der Waals surface area contributed by atoms with E-state index in [2.05, 4.69) is 0 Å². The van der Waals surface area contributed by atoms with Crippen molar-refractivity contribution in [3.05, 3.63) is 34.6 Å². The van der Waals surface area contributed by atoms with Crippen molar-refractivity contribution < 1.29 is 9.50 Å². The Morgan fingerprint density at radius 2 is 2.11 bits per heavy atom.